The van der Waals surface area contributed by atoms with Crippen molar-refractivity contribution in [3.8, 4) is 17.3 Å². The summed E-state index contributed by atoms with van der Waals surface area (Å²) in [4.78, 5) is 36.5. The van der Waals surface area contributed by atoms with E-state index in [-0.39, 0.29) is 36.4 Å². The van der Waals surface area contributed by atoms with Crippen LogP contribution < -0.4 is 9.64 Å². The standard InChI is InChI=1S/C38H35ClF3N7O2/c1-47(26-12-16-48(21-26)36(50)30(41)17-25-9-2-3-14-43-25)35-28-19-44-33(27-10-4-7-23-8-5-11-29(39)31(23)27)32(42)34(28)45-37(46-35)51-22-38-13-6-15-49(38)20-24(40)18-38/h2-5,7-11,14,17,19,24,26H,6,12-13,15-16,18,20-22H2,1H3/b30-17-/t24-,26-,38+/m1/s1. The first-order chi connectivity index (χ1) is 24.7. The normalized spacial score (nSPS) is 22.2. The molecule has 5 aromatic rings. The second-order valence-electron chi connectivity index (χ2n) is 13.6. The Morgan fingerprint density at radius 3 is 2.76 bits per heavy atom. The lowest BCUT2D eigenvalue weighted by molar-refractivity contribution is -0.127. The number of alkyl halides is 1. The Kier molecular flexibility index (Phi) is 8.75. The molecule has 0 radical (unpaired) electrons. The van der Waals surface area contributed by atoms with Crippen LogP contribution in [0.15, 0.2) is 72.8 Å². The van der Waals surface area contributed by atoms with Crippen molar-refractivity contribution < 1.29 is 22.7 Å². The van der Waals surface area contributed by atoms with E-state index in [1.165, 1.54) is 17.3 Å². The highest BCUT2D eigenvalue weighted by molar-refractivity contribution is 6.36. The molecule has 0 aliphatic carbocycles. The summed E-state index contributed by atoms with van der Waals surface area (Å²) in [5.41, 5.74) is 0.464. The molecule has 0 saturated carbocycles. The van der Waals surface area contributed by atoms with Crippen molar-refractivity contribution in [1.82, 2.24) is 29.7 Å². The quantitative estimate of drug-likeness (QED) is 0.159. The molecule has 6 heterocycles. The molecule has 9 nitrogen and oxygen atoms in total. The molecule has 0 spiro atoms. The van der Waals surface area contributed by atoms with Crippen molar-refractivity contribution >= 4 is 51.1 Å². The van der Waals surface area contributed by atoms with E-state index in [1.807, 2.05) is 29.2 Å². The van der Waals surface area contributed by atoms with Crippen molar-refractivity contribution in [3.05, 3.63) is 89.4 Å². The third kappa shape index (κ3) is 6.14. The molecule has 1 amide bonds. The monoisotopic (exact) mass is 713 g/mol. The number of fused-ring (bicyclic) bond motifs is 3. The molecule has 3 aromatic heterocycles. The van der Waals surface area contributed by atoms with E-state index in [2.05, 4.69) is 19.9 Å². The number of likely N-dealkylation sites (N-methyl/N-ethyl adjacent to an activating group) is 1. The Morgan fingerprint density at radius 2 is 1.94 bits per heavy atom. The van der Waals surface area contributed by atoms with Crippen molar-refractivity contribution in [2.45, 2.75) is 43.4 Å². The molecule has 0 bridgehead atoms. The molecule has 3 saturated heterocycles. The minimum Gasteiger partial charge on any atom is -0.461 e. The Bertz CT molecular complexity index is 2170. The third-order valence-corrected chi connectivity index (χ3v) is 10.8. The van der Waals surface area contributed by atoms with Crippen molar-refractivity contribution in [2.24, 2.45) is 0 Å². The van der Waals surface area contributed by atoms with Crippen LogP contribution in [0, 0.1) is 5.82 Å². The maximum absolute atomic E-state index is 16.8. The molecule has 0 N–H and O–H groups in total. The molecule has 8 rings (SSSR count). The molecule has 3 aliphatic rings. The fourth-order valence-corrected chi connectivity index (χ4v) is 8.19. The minimum absolute atomic E-state index is 0.00161. The molecule has 51 heavy (non-hydrogen) atoms. The van der Waals surface area contributed by atoms with Crippen LogP contribution >= 0.6 is 11.6 Å². The molecule has 3 aliphatic heterocycles. The van der Waals surface area contributed by atoms with E-state index >= 15 is 8.78 Å². The molecular weight excluding hydrogens is 679 g/mol. The van der Waals surface area contributed by atoms with Gasteiger partial charge in [0.15, 0.2) is 11.6 Å². The maximum Gasteiger partial charge on any atom is 0.319 e. The van der Waals surface area contributed by atoms with Gasteiger partial charge in [0.05, 0.1) is 16.6 Å². The molecule has 0 unspecified atom stereocenters. The van der Waals surface area contributed by atoms with Gasteiger partial charge >= 0.3 is 6.01 Å². The van der Waals surface area contributed by atoms with Crippen LogP contribution in [0.2, 0.25) is 5.02 Å². The highest BCUT2D eigenvalue weighted by Crippen LogP contribution is 2.41. The molecular formula is C38H35ClF3N7O2. The number of anilines is 1. The number of carbonyl (C=O) groups is 1. The van der Waals surface area contributed by atoms with Gasteiger partial charge < -0.3 is 14.5 Å². The van der Waals surface area contributed by atoms with Crippen LogP contribution in [0.4, 0.5) is 19.0 Å². The van der Waals surface area contributed by atoms with E-state index in [1.54, 1.807) is 37.4 Å². The number of rotatable bonds is 8. The lowest BCUT2D eigenvalue weighted by atomic mass is 9.95. The van der Waals surface area contributed by atoms with Gasteiger partial charge in [-0.1, -0.05) is 48.0 Å². The van der Waals surface area contributed by atoms with Crippen LogP contribution in [-0.2, 0) is 4.79 Å². The molecule has 262 valence electrons. The topological polar surface area (TPSA) is 87.6 Å². The summed E-state index contributed by atoms with van der Waals surface area (Å²) in [5.74, 6) is -1.96. The smallest absolute Gasteiger partial charge is 0.319 e. The zero-order chi connectivity index (χ0) is 35.3. The third-order valence-electron chi connectivity index (χ3n) is 10.5. The lowest BCUT2D eigenvalue weighted by Crippen LogP contribution is -2.43. The number of hydrogen-bond donors (Lipinski definition) is 0. The Labute approximate surface area is 297 Å². The van der Waals surface area contributed by atoms with Gasteiger partial charge in [-0.05, 0) is 49.4 Å². The molecule has 2 aromatic carbocycles. The number of halogens is 4. The van der Waals surface area contributed by atoms with Crippen LogP contribution in [0.5, 0.6) is 6.01 Å². The number of carbonyl (C=O) groups excluding carboxylic acids is 1. The van der Waals surface area contributed by atoms with E-state index in [0.717, 1.165) is 30.8 Å². The minimum atomic E-state index is -0.941. The average Bonchev–Trinajstić information content (AvgIpc) is 3.85. The summed E-state index contributed by atoms with van der Waals surface area (Å²) in [5, 5.41) is 2.31. The summed E-state index contributed by atoms with van der Waals surface area (Å²) < 4.78 is 52.6. The number of nitrogens with zero attached hydrogens (tertiary/aromatic N) is 7. The number of hydrogen-bond acceptors (Lipinski definition) is 8. The lowest BCUT2D eigenvalue weighted by Gasteiger charge is -2.31. The highest BCUT2D eigenvalue weighted by atomic mass is 35.5. The fraction of sp³-hybridized carbons (Fsp3) is 0.342. The highest BCUT2D eigenvalue weighted by Gasteiger charge is 2.49. The number of benzene rings is 2. The van der Waals surface area contributed by atoms with E-state index in [4.69, 9.17) is 21.3 Å². The van der Waals surface area contributed by atoms with Crippen molar-refractivity contribution in [3.63, 3.8) is 0 Å². The number of amides is 1. The number of ether oxygens (including phenoxy) is 1. The Balaban J connectivity index is 1.15. The summed E-state index contributed by atoms with van der Waals surface area (Å²) in [6, 6.07) is 15.7. The van der Waals surface area contributed by atoms with Gasteiger partial charge in [0, 0.05) is 73.6 Å². The van der Waals surface area contributed by atoms with Gasteiger partial charge in [0.2, 0.25) is 0 Å². The second-order valence-corrected chi connectivity index (χ2v) is 14.0. The summed E-state index contributed by atoms with van der Waals surface area (Å²) in [6.45, 7) is 1.84. The molecule has 3 fully saturated rings. The van der Waals surface area contributed by atoms with Gasteiger partial charge in [0.25, 0.3) is 5.91 Å². The first-order valence-corrected chi connectivity index (χ1v) is 17.4. The van der Waals surface area contributed by atoms with Gasteiger partial charge in [-0.25, -0.2) is 13.2 Å². The number of pyridine rings is 2. The van der Waals surface area contributed by atoms with E-state index in [9.17, 15) is 9.18 Å². The van der Waals surface area contributed by atoms with Crippen molar-refractivity contribution in [1.29, 1.82) is 0 Å². The maximum atomic E-state index is 16.8. The molecule has 13 heteroatoms. The zero-order valence-corrected chi connectivity index (χ0v) is 28.7. The zero-order valence-electron chi connectivity index (χ0n) is 27.9. The fourth-order valence-electron chi connectivity index (χ4n) is 7.90. The SMILES string of the molecule is CN(c1nc(OC[C@@]23CCCN2C[C@H](F)C3)nc2c(F)c(-c3cccc4cccc(Cl)c34)ncc12)[C@@H]1CCN(C(=O)/C(F)=C/c2ccccn2)C1. The van der Waals surface area contributed by atoms with Gasteiger partial charge in [-0.15, -0.1) is 0 Å². The number of aromatic nitrogens is 4. The Hall–Kier alpha value is -4.81. The first kappa shape index (κ1) is 33.3. The average molecular weight is 714 g/mol. The van der Waals surface area contributed by atoms with Crippen LogP contribution in [0.3, 0.4) is 0 Å². The van der Waals surface area contributed by atoms with E-state index in [0.29, 0.717) is 58.8 Å². The summed E-state index contributed by atoms with van der Waals surface area (Å²) in [6.07, 6.45) is 5.84. The first-order valence-electron chi connectivity index (χ1n) is 17.1. The molecule has 3 atom stereocenters. The predicted octanol–water partition coefficient (Wildman–Crippen LogP) is 7.04. The van der Waals surface area contributed by atoms with Gasteiger partial charge in [-0.3, -0.25) is 19.7 Å². The van der Waals surface area contributed by atoms with Crippen molar-refractivity contribution in [2.75, 3.05) is 44.7 Å². The van der Waals surface area contributed by atoms with Crippen LogP contribution in [0.25, 0.3) is 39.0 Å². The second kappa shape index (κ2) is 13.4. The van der Waals surface area contributed by atoms with Crippen LogP contribution in [0.1, 0.15) is 31.4 Å². The summed E-state index contributed by atoms with van der Waals surface area (Å²) in [7, 11) is 1.79. The van der Waals surface area contributed by atoms with Gasteiger partial charge in [0.1, 0.15) is 29.8 Å². The Morgan fingerprint density at radius 1 is 1.10 bits per heavy atom. The predicted molar refractivity (Wildman–Crippen MR) is 190 cm³/mol. The van der Waals surface area contributed by atoms with E-state index < -0.39 is 29.3 Å². The summed E-state index contributed by atoms with van der Waals surface area (Å²) >= 11 is 6.61. The number of likely N-dealkylation sites (tertiary alicyclic amines) is 1. The largest absolute Gasteiger partial charge is 0.461 e. The van der Waals surface area contributed by atoms with Gasteiger partial charge in [-0.2, -0.15) is 9.97 Å². The van der Waals surface area contributed by atoms with Crippen LogP contribution in [-0.4, -0.2) is 93.2 Å².